The Morgan fingerprint density at radius 3 is 2.04 bits per heavy atom. The quantitative estimate of drug-likeness (QED) is 0.311. The summed E-state index contributed by atoms with van der Waals surface area (Å²) >= 11 is 0. The first-order valence-electron chi connectivity index (χ1n) is 9.96. The van der Waals surface area contributed by atoms with Gasteiger partial charge in [-0.1, -0.05) is 96.3 Å². The van der Waals surface area contributed by atoms with Crippen LogP contribution in [0, 0.1) is 12.0 Å². The zero-order chi connectivity index (χ0) is 16.6. The predicted molar refractivity (Wildman–Crippen MR) is 101 cm³/mol. The van der Waals surface area contributed by atoms with Crippen LogP contribution in [0.2, 0.25) is 0 Å². The molecule has 0 bridgehead atoms. The van der Waals surface area contributed by atoms with Gasteiger partial charge in [0, 0.05) is 6.07 Å². The number of hydrogen-bond acceptors (Lipinski definition) is 1. The van der Waals surface area contributed by atoms with E-state index in [9.17, 15) is 0 Å². The van der Waals surface area contributed by atoms with Crippen LogP contribution in [0.4, 0.5) is 0 Å². The molecule has 0 amide bonds. The molecule has 1 atom stereocenters. The zero-order valence-corrected chi connectivity index (χ0v) is 15.5. The highest BCUT2D eigenvalue weighted by atomic mass is 16.5. The second-order valence-corrected chi connectivity index (χ2v) is 6.81. The van der Waals surface area contributed by atoms with Gasteiger partial charge in [0.05, 0.1) is 6.61 Å². The van der Waals surface area contributed by atoms with E-state index in [-0.39, 0.29) is 0 Å². The van der Waals surface area contributed by atoms with Gasteiger partial charge in [0.15, 0.2) is 0 Å². The van der Waals surface area contributed by atoms with Crippen LogP contribution in [0.3, 0.4) is 0 Å². The van der Waals surface area contributed by atoms with Crippen LogP contribution < -0.4 is 4.74 Å². The molecule has 1 heteroatoms. The van der Waals surface area contributed by atoms with E-state index in [1.807, 2.05) is 24.3 Å². The van der Waals surface area contributed by atoms with Gasteiger partial charge in [-0.15, -0.1) is 0 Å². The minimum atomic E-state index is 0.714. The second-order valence-electron chi connectivity index (χ2n) is 6.81. The third-order valence-electron chi connectivity index (χ3n) is 4.59. The first-order valence-corrected chi connectivity index (χ1v) is 9.96. The van der Waals surface area contributed by atoms with E-state index in [0.717, 1.165) is 12.4 Å². The van der Waals surface area contributed by atoms with E-state index in [0.29, 0.717) is 5.92 Å². The highest BCUT2D eigenvalue weighted by molar-refractivity contribution is 5.19. The van der Waals surface area contributed by atoms with Gasteiger partial charge < -0.3 is 4.74 Å². The average Bonchev–Trinajstić information content (AvgIpc) is 2.59. The summed E-state index contributed by atoms with van der Waals surface area (Å²) in [6.45, 7) is 5.42. The van der Waals surface area contributed by atoms with Crippen LogP contribution >= 0.6 is 0 Å². The van der Waals surface area contributed by atoms with Crippen molar-refractivity contribution in [3.63, 3.8) is 0 Å². The summed E-state index contributed by atoms with van der Waals surface area (Å²) in [5, 5.41) is 0. The number of benzene rings is 1. The molecule has 1 unspecified atom stereocenters. The van der Waals surface area contributed by atoms with Gasteiger partial charge in [-0.05, 0) is 24.8 Å². The van der Waals surface area contributed by atoms with Crippen molar-refractivity contribution in [3.8, 4) is 5.75 Å². The summed E-state index contributed by atoms with van der Waals surface area (Å²) in [6.07, 6.45) is 16.4. The van der Waals surface area contributed by atoms with Gasteiger partial charge in [0.25, 0.3) is 0 Å². The molecule has 0 heterocycles. The molecule has 23 heavy (non-hydrogen) atoms. The lowest BCUT2D eigenvalue weighted by Crippen LogP contribution is -2.12. The molecule has 0 fully saturated rings. The summed E-state index contributed by atoms with van der Waals surface area (Å²) in [4.78, 5) is 0. The van der Waals surface area contributed by atoms with Crippen molar-refractivity contribution in [2.75, 3.05) is 6.61 Å². The Morgan fingerprint density at radius 2 is 1.43 bits per heavy atom. The molecule has 1 radical (unpaired) electrons. The monoisotopic (exact) mass is 317 g/mol. The molecule has 1 rings (SSSR count). The van der Waals surface area contributed by atoms with E-state index < -0.39 is 0 Å². The largest absolute Gasteiger partial charge is 0.493 e. The fourth-order valence-corrected chi connectivity index (χ4v) is 3.06. The van der Waals surface area contributed by atoms with Crippen molar-refractivity contribution in [2.24, 2.45) is 5.92 Å². The van der Waals surface area contributed by atoms with Gasteiger partial charge >= 0.3 is 0 Å². The van der Waals surface area contributed by atoms with Crippen molar-refractivity contribution in [3.05, 3.63) is 30.3 Å². The first-order chi connectivity index (χ1) is 11.4. The molecule has 0 saturated carbocycles. The van der Waals surface area contributed by atoms with Crippen LogP contribution in [0.15, 0.2) is 24.3 Å². The summed E-state index contributed by atoms with van der Waals surface area (Å²) in [6, 6.07) is 11.1. The van der Waals surface area contributed by atoms with Crippen molar-refractivity contribution < 1.29 is 4.74 Å². The summed E-state index contributed by atoms with van der Waals surface area (Å²) in [5.41, 5.74) is 0. The Kier molecular flexibility index (Phi) is 12.7. The maximum absolute atomic E-state index is 5.97. The molecule has 131 valence electrons. The van der Waals surface area contributed by atoms with Crippen LogP contribution in [0.25, 0.3) is 0 Å². The topological polar surface area (TPSA) is 9.23 Å². The molecular weight excluding hydrogens is 280 g/mol. The third kappa shape index (κ3) is 11.2. The molecule has 0 aliphatic heterocycles. The zero-order valence-electron chi connectivity index (χ0n) is 15.5. The van der Waals surface area contributed by atoms with Crippen molar-refractivity contribution in [1.29, 1.82) is 0 Å². The Balaban J connectivity index is 2.24. The molecule has 1 aromatic rings. The lowest BCUT2D eigenvalue weighted by molar-refractivity contribution is 0.224. The highest BCUT2D eigenvalue weighted by Gasteiger charge is 2.10. The number of hydrogen-bond donors (Lipinski definition) is 0. The fraction of sp³-hybridized carbons (Fsp3) is 0.727. The van der Waals surface area contributed by atoms with Crippen LogP contribution in [-0.2, 0) is 0 Å². The lowest BCUT2D eigenvalue weighted by Gasteiger charge is -2.17. The smallest absolute Gasteiger partial charge is 0.127 e. The van der Waals surface area contributed by atoms with E-state index in [1.165, 1.54) is 77.0 Å². The van der Waals surface area contributed by atoms with E-state index in [1.54, 1.807) is 0 Å². The SMILES string of the molecule is CCCCCCCCC(CCCCCC)COc1[c]cccc1. The van der Waals surface area contributed by atoms with Crippen molar-refractivity contribution >= 4 is 0 Å². The van der Waals surface area contributed by atoms with Gasteiger partial charge in [-0.25, -0.2) is 0 Å². The fourth-order valence-electron chi connectivity index (χ4n) is 3.06. The Labute approximate surface area is 144 Å². The molecule has 0 aromatic heterocycles. The van der Waals surface area contributed by atoms with Gasteiger partial charge in [0.2, 0.25) is 0 Å². The lowest BCUT2D eigenvalue weighted by atomic mass is 9.95. The van der Waals surface area contributed by atoms with E-state index in [2.05, 4.69) is 19.9 Å². The third-order valence-corrected chi connectivity index (χ3v) is 4.59. The molecule has 0 aliphatic rings. The van der Waals surface area contributed by atoms with Gasteiger partial charge in [0.1, 0.15) is 5.75 Å². The molecular formula is C22H37O. The highest BCUT2D eigenvalue weighted by Crippen LogP contribution is 2.20. The van der Waals surface area contributed by atoms with Crippen LogP contribution in [0.1, 0.15) is 90.9 Å². The second kappa shape index (κ2) is 14.6. The molecule has 1 aromatic carbocycles. The van der Waals surface area contributed by atoms with Crippen molar-refractivity contribution in [2.45, 2.75) is 90.9 Å². The standard InChI is InChI=1S/C22H37O/c1-3-5-7-9-10-13-17-21(16-12-8-6-4-2)20-23-22-18-14-11-15-19-22/h11,14-15,18,21H,3-10,12-13,16-17,20H2,1-2H3. The average molecular weight is 318 g/mol. The van der Waals surface area contributed by atoms with Crippen LogP contribution in [-0.4, -0.2) is 6.61 Å². The Bertz CT molecular complexity index is 346. The minimum Gasteiger partial charge on any atom is -0.493 e. The number of unbranched alkanes of at least 4 members (excludes halogenated alkanes) is 8. The minimum absolute atomic E-state index is 0.714. The summed E-state index contributed by atoms with van der Waals surface area (Å²) in [7, 11) is 0. The molecule has 0 saturated heterocycles. The molecule has 0 spiro atoms. The molecule has 0 N–H and O–H groups in total. The molecule has 1 nitrogen and oxygen atoms in total. The number of rotatable bonds is 15. The maximum atomic E-state index is 5.97. The van der Waals surface area contributed by atoms with Gasteiger partial charge in [-0.2, -0.15) is 0 Å². The summed E-state index contributed by atoms with van der Waals surface area (Å²) < 4.78 is 5.97. The van der Waals surface area contributed by atoms with E-state index >= 15 is 0 Å². The Morgan fingerprint density at radius 1 is 0.826 bits per heavy atom. The number of ether oxygens (including phenoxy) is 1. The van der Waals surface area contributed by atoms with Gasteiger partial charge in [-0.3, -0.25) is 0 Å². The predicted octanol–water partition coefficient (Wildman–Crippen LogP) is 7.20. The molecule has 0 aliphatic carbocycles. The number of para-hydroxylation sites is 1. The Hall–Kier alpha value is -0.980. The normalized spacial score (nSPS) is 12.3. The summed E-state index contributed by atoms with van der Waals surface area (Å²) in [5.74, 6) is 1.61. The van der Waals surface area contributed by atoms with Crippen molar-refractivity contribution in [1.82, 2.24) is 0 Å². The maximum Gasteiger partial charge on any atom is 0.127 e. The van der Waals surface area contributed by atoms with Crippen LogP contribution in [0.5, 0.6) is 5.75 Å². The first kappa shape index (κ1) is 20.1. The van der Waals surface area contributed by atoms with E-state index in [4.69, 9.17) is 4.74 Å².